The average molecular weight is 456 g/mol. The number of piperidine rings is 1. The molecule has 0 saturated carbocycles. The second kappa shape index (κ2) is 8.03. The largest absolute Gasteiger partial charge is 0.391 e. The molecule has 1 aliphatic heterocycles. The quantitative estimate of drug-likeness (QED) is 0.384. The lowest BCUT2D eigenvalue weighted by molar-refractivity contribution is 0.154. The summed E-state index contributed by atoms with van der Waals surface area (Å²) < 4.78 is 3.53. The summed E-state index contributed by atoms with van der Waals surface area (Å²) in [5.41, 5.74) is 5.85. The van der Waals surface area contributed by atoms with Crippen molar-refractivity contribution in [2.75, 3.05) is 23.3 Å². The molecule has 1 atom stereocenters. The molecule has 1 saturated heterocycles. The Bertz CT molecular complexity index is 1550. The van der Waals surface area contributed by atoms with Crippen LogP contribution in [0.25, 0.3) is 27.9 Å². The Labute approximate surface area is 195 Å². The van der Waals surface area contributed by atoms with E-state index in [0.717, 1.165) is 58.7 Å². The summed E-state index contributed by atoms with van der Waals surface area (Å²) in [6.45, 7) is 1.63. The van der Waals surface area contributed by atoms with Crippen LogP contribution in [0.1, 0.15) is 12.8 Å². The van der Waals surface area contributed by atoms with Gasteiger partial charge >= 0.3 is 5.69 Å². The molecule has 9 nitrogen and oxygen atoms in total. The van der Waals surface area contributed by atoms with E-state index in [9.17, 15) is 9.90 Å². The number of aromatic nitrogens is 5. The Hall–Kier alpha value is -4.11. The number of aromatic amines is 1. The van der Waals surface area contributed by atoms with Crippen molar-refractivity contribution < 1.29 is 5.11 Å². The fourth-order valence-electron chi connectivity index (χ4n) is 4.63. The first-order valence-corrected chi connectivity index (χ1v) is 11.4. The first kappa shape index (κ1) is 20.5. The third kappa shape index (κ3) is 3.60. The number of hydrogen-bond donors (Lipinski definition) is 3. The lowest BCUT2D eigenvalue weighted by Crippen LogP contribution is -2.38. The molecule has 34 heavy (non-hydrogen) atoms. The molecular formula is C25H25N7O2. The Kier molecular flexibility index (Phi) is 4.84. The summed E-state index contributed by atoms with van der Waals surface area (Å²) in [5, 5.41) is 13.4. The summed E-state index contributed by atoms with van der Waals surface area (Å²) >= 11 is 0. The van der Waals surface area contributed by atoms with Gasteiger partial charge in [-0.3, -0.25) is 4.57 Å². The standard InChI is InChI=1S/C25H25N7O2/c1-30-22-9-4-16(13-20(22)29-25(30)34)21-15-32-12-10-26-24(32)23(28-21)27-17-5-7-18(8-6-17)31-11-2-3-19(33)14-31/h4-10,12-13,15,19,33H,2-3,11,14H2,1H3,(H,27,28)(H,29,34). The molecule has 5 aromatic rings. The molecule has 2 aromatic carbocycles. The highest BCUT2D eigenvalue weighted by Crippen LogP contribution is 2.28. The first-order valence-electron chi connectivity index (χ1n) is 11.4. The van der Waals surface area contributed by atoms with Gasteiger partial charge in [0.1, 0.15) is 0 Å². The number of nitrogens with zero attached hydrogens (tertiary/aromatic N) is 5. The second-order valence-electron chi connectivity index (χ2n) is 8.77. The smallest absolute Gasteiger partial charge is 0.326 e. The number of benzene rings is 2. The van der Waals surface area contributed by atoms with Crippen molar-refractivity contribution in [1.82, 2.24) is 23.9 Å². The van der Waals surface area contributed by atoms with Gasteiger partial charge in [-0.15, -0.1) is 0 Å². The van der Waals surface area contributed by atoms with Gasteiger partial charge in [0, 0.05) is 55.7 Å². The van der Waals surface area contributed by atoms with Crippen LogP contribution in [0.15, 0.2) is 65.8 Å². The zero-order chi connectivity index (χ0) is 23.2. The summed E-state index contributed by atoms with van der Waals surface area (Å²) in [7, 11) is 1.75. The number of aliphatic hydroxyl groups excluding tert-OH is 1. The van der Waals surface area contributed by atoms with E-state index in [2.05, 4.69) is 32.3 Å². The molecule has 3 aromatic heterocycles. The molecule has 1 unspecified atom stereocenters. The first-order chi connectivity index (χ1) is 16.5. The van der Waals surface area contributed by atoms with Gasteiger partial charge in [-0.1, -0.05) is 6.07 Å². The fourth-order valence-corrected chi connectivity index (χ4v) is 4.63. The Morgan fingerprint density at radius 2 is 2.03 bits per heavy atom. The number of rotatable bonds is 4. The SMILES string of the molecule is Cn1c(=O)[nH]c2cc(-c3cn4ccnc4c(Nc4ccc(N5CCCC(O)C5)cc4)n3)ccc21. The molecular weight excluding hydrogens is 430 g/mol. The molecule has 172 valence electrons. The number of β-amino-alcohol motifs (C(OH)–C–C–N with tert-alkyl or cyclic N) is 1. The number of fused-ring (bicyclic) bond motifs is 2. The van der Waals surface area contributed by atoms with Crippen LogP contribution < -0.4 is 15.9 Å². The number of aryl methyl sites for hydroxylation is 1. The fraction of sp³-hybridized carbons (Fsp3) is 0.240. The van der Waals surface area contributed by atoms with Crippen LogP contribution in [-0.2, 0) is 7.05 Å². The molecule has 1 aliphatic rings. The monoisotopic (exact) mass is 455 g/mol. The predicted molar refractivity (Wildman–Crippen MR) is 133 cm³/mol. The van der Waals surface area contributed by atoms with Gasteiger partial charge in [0.25, 0.3) is 0 Å². The third-order valence-electron chi connectivity index (χ3n) is 6.47. The zero-order valence-electron chi connectivity index (χ0n) is 18.8. The topological polar surface area (TPSA) is 103 Å². The maximum Gasteiger partial charge on any atom is 0.326 e. The van der Waals surface area contributed by atoms with E-state index < -0.39 is 0 Å². The minimum atomic E-state index is -0.264. The highest BCUT2D eigenvalue weighted by atomic mass is 16.3. The van der Waals surface area contributed by atoms with Gasteiger partial charge in [0.2, 0.25) is 0 Å². The number of nitrogens with one attached hydrogen (secondary N) is 2. The molecule has 0 radical (unpaired) electrons. The van der Waals surface area contributed by atoms with Crippen LogP contribution in [0.2, 0.25) is 0 Å². The van der Waals surface area contributed by atoms with Crippen LogP contribution in [0.3, 0.4) is 0 Å². The number of imidazole rings is 2. The molecule has 0 amide bonds. The van der Waals surface area contributed by atoms with Crippen molar-refractivity contribution in [2.24, 2.45) is 7.05 Å². The third-order valence-corrected chi connectivity index (χ3v) is 6.47. The van der Waals surface area contributed by atoms with E-state index in [0.29, 0.717) is 12.4 Å². The van der Waals surface area contributed by atoms with Crippen molar-refractivity contribution in [2.45, 2.75) is 18.9 Å². The average Bonchev–Trinajstić information content (AvgIpc) is 3.43. The van der Waals surface area contributed by atoms with E-state index in [-0.39, 0.29) is 11.8 Å². The Morgan fingerprint density at radius 1 is 1.18 bits per heavy atom. The van der Waals surface area contributed by atoms with Gasteiger partial charge in [0.15, 0.2) is 11.5 Å². The number of hydrogen-bond acceptors (Lipinski definition) is 6. The minimum Gasteiger partial charge on any atom is -0.391 e. The molecule has 0 bridgehead atoms. The molecule has 0 aliphatic carbocycles. The predicted octanol–water partition coefficient (Wildman–Crippen LogP) is 3.28. The van der Waals surface area contributed by atoms with Crippen molar-refractivity contribution in [3.05, 3.63) is 71.5 Å². The minimum absolute atomic E-state index is 0.143. The highest BCUT2D eigenvalue weighted by molar-refractivity contribution is 5.82. The molecule has 6 rings (SSSR count). The maximum atomic E-state index is 12.0. The number of aliphatic hydroxyl groups is 1. The van der Waals surface area contributed by atoms with Crippen LogP contribution in [-0.4, -0.2) is 48.2 Å². The van der Waals surface area contributed by atoms with E-state index in [1.807, 2.05) is 47.1 Å². The normalized spacial score (nSPS) is 16.4. The van der Waals surface area contributed by atoms with E-state index >= 15 is 0 Å². The maximum absolute atomic E-state index is 12.0. The van der Waals surface area contributed by atoms with E-state index in [1.54, 1.807) is 17.8 Å². The van der Waals surface area contributed by atoms with Gasteiger partial charge < -0.3 is 24.7 Å². The summed E-state index contributed by atoms with van der Waals surface area (Å²) in [5.74, 6) is 0.644. The summed E-state index contributed by atoms with van der Waals surface area (Å²) in [6, 6.07) is 14.0. The second-order valence-corrected chi connectivity index (χ2v) is 8.77. The summed E-state index contributed by atoms with van der Waals surface area (Å²) in [6.07, 6.45) is 7.17. The van der Waals surface area contributed by atoms with Crippen LogP contribution in [0.4, 0.5) is 17.2 Å². The van der Waals surface area contributed by atoms with Crippen LogP contribution >= 0.6 is 0 Å². The molecule has 3 N–H and O–H groups in total. The Balaban J connectivity index is 1.33. The van der Waals surface area contributed by atoms with Crippen molar-refractivity contribution >= 4 is 33.9 Å². The molecule has 1 fully saturated rings. The van der Waals surface area contributed by atoms with Crippen molar-refractivity contribution in [3.8, 4) is 11.3 Å². The Morgan fingerprint density at radius 3 is 2.85 bits per heavy atom. The van der Waals surface area contributed by atoms with Crippen LogP contribution in [0.5, 0.6) is 0 Å². The van der Waals surface area contributed by atoms with Gasteiger partial charge in [-0.2, -0.15) is 0 Å². The number of H-pyrrole nitrogens is 1. The van der Waals surface area contributed by atoms with E-state index in [1.165, 1.54) is 0 Å². The lowest BCUT2D eigenvalue weighted by Gasteiger charge is -2.32. The molecule has 4 heterocycles. The van der Waals surface area contributed by atoms with Crippen molar-refractivity contribution in [3.63, 3.8) is 0 Å². The van der Waals surface area contributed by atoms with Crippen molar-refractivity contribution in [1.29, 1.82) is 0 Å². The highest BCUT2D eigenvalue weighted by Gasteiger charge is 2.18. The lowest BCUT2D eigenvalue weighted by atomic mass is 10.1. The van der Waals surface area contributed by atoms with Gasteiger partial charge in [0.05, 0.1) is 22.8 Å². The molecule has 9 heteroatoms. The van der Waals surface area contributed by atoms with Crippen LogP contribution in [0, 0.1) is 0 Å². The van der Waals surface area contributed by atoms with Gasteiger partial charge in [-0.25, -0.2) is 14.8 Å². The van der Waals surface area contributed by atoms with Gasteiger partial charge in [-0.05, 0) is 49.2 Å². The zero-order valence-corrected chi connectivity index (χ0v) is 18.8. The molecule has 0 spiro atoms. The summed E-state index contributed by atoms with van der Waals surface area (Å²) in [4.78, 5) is 26.4. The number of anilines is 3. The van der Waals surface area contributed by atoms with E-state index in [4.69, 9.17) is 4.98 Å².